The number of aliphatic carboxylic acids is 1. The molecule has 192 valence electrons. The highest BCUT2D eigenvalue weighted by Gasteiger charge is 2.25. The van der Waals surface area contributed by atoms with E-state index in [4.69, 9.17) is 0 Å². The molecule has 11 nitrogen and oxygen atoms in total. The van der Waals surface area contributed by atoms with Crippen molar-refractivity contribution in [1.29, 1.82) is 0 Å². The van der Waals surface area contributed by atoms with Crippen LogP contribution in [0.25, 0.3) is 0 Å². The van der Waals surface area contributed by atoms with Gasteiger partial charge in [0.05, 0.1) is 17.9 Å². The van der Waals surface area contributed by atoms with Gasteiger partial charge in [0, 0.05) is 36.9 Å². The summed E-state index contributed by atoms with van der Waals surface area (Å²) in [6.45, 7) is 3.39. The average Bonchev–Trinajstić information content (AvgIpc) is 3.37. The molecule has 4 rings (SSSR count). The van der Waals surface area contributed by atoms with E-state index in [0.29, 0.717) is 11.6 Å². The second-order valence-corrected chi connectivity index (χ2v) is 10.4. The van der Waals surface area contributed by atoms with Crippen molar-refractivity contribution in [3.05, 3.63) is 60.2 Å². The predicted octanol–water partition coefficient (Wildman–Crippen LogP) is 0.713. The van der Waals surface area contributed by atoms with Crippen molar-refractivity contribution < 1.29 is 23.1 Å². The number of hydrogen-bond acceptors (Lipinski definition) is 8. The maximum Gasteiger partial charge on any atom is 0.306 e. The van der Waals surface area contributed by atoms with Crippen LogP contribution in [0.3, 0.4) is 0 Å². The zero-order chi connectivity index (χ0) is 25.5. The SMILES string of the molecule is O=C(O)CC(NC(=O)c1ccc(N2CCC(NC3=NCCN3)CC2)cc1)NS(=O)(=O)c1ccccc1. The third-order valence-electron chi connectivity index (χ3n) is 6.04. The van der Waals surface area contributed by atoms with Crippen LogP contribution in [-0.2, 0) is 14.8 Å². The molecule has 1 fully saturated rings. The summed E-state index contributed by atoms with van der Waals surface area (Å²) < 4.78 is 27.5. The molecule has 0 bridgehead atoms. The largest absolute Gasteiger partial charge is 0.481 e. The van der Waals surface area contributed by atoms with Gasteiger partial charge < -0.3 is 26.0 Å². The van der Waals surface area contributed by atoms with Crippen LogP contribution in [0.4, 0.5) is 5.69 Å². The molecule has 0 aromatic heterocycles. The van der Waals surface area contributed by atoms with E-state index in [2.05, 4.69) is 30.6 Å². The third kappa shape index (κ3) is 6.73. The Balaban J connectivity index is 1.34. The van der Waals surface area contributed by atoms with Crippen LogP contribution >= 0.6 is 0 Å². The van der Waals surface area contributed by atoms with E-state index in [-0.39, 0.29) is 4.90 Å². The molecule has 2 aliphatic rings. The lowest BCUT2D eigenvalue weighted by molar-refractivity contribution is -0.137. The summed E-state index contributed by atoms with van der Waals surface area (Å²) in [6, 6.07) is 14.9. The Labute approximate surface area is 210 Å². The molecule has 1 amide bonds. The number of nitrogens with one attached hydrogen (secondary N) is 4. The minimum atomic E-state index is -4.02. The van der Waals surface area contributed by atoms with Gasteiger partial charge in [-0.1, -0.05) is 18.2 Å². The number of benzene rings is 2. The van der Waals surface area contributed by atoms with Crippen molar-refractivity contribution in [2.24, 2.45) is 4.99 Å². The van der Waals surface area contributed by atoms with Gasteiger partial charge in [-0.05, 0) is 49.2 Å². The zero-order valence-electron chi connectivity index (χ0n) is 19.7. The number of aliphatic imine (C=N–C) groups is 1. The second kappa shape index (κ2) is 11.4. The minimum Gasteiger partial charge on any atom is -0.481 e. The highest BCUT2D eigenvalue weighted by Crippen LogP contribution is 2.21. The topological polar surface area (TPSA) is 152 Å². The van der Waals surface area contributed by atoms with Crippen molar-refractivity contribution in [1.82, 2.24) is 20.7 Å². The molecular weight excluding hydrogens is 484 g/mol. The van der Waals surface area contributed by atoms with E-state index in [1.54, 1.807) is 30.3 Å². The first-order valence-electron chi connectivity index (χ1n) is 11.8. The quantitative estimate of drug-likeness (QED) is 0.307. The molecule has 36 heavy (non-hydrogen) atoms. The van der Waals surface area contributed by atoms with Gasteiger partial charge in [-0.2, -0.15) is 4.72 Å². The number of anilines is 1. The second-order valence-electron chi connectivity index (χ2n) is 8.67. The molecule has 2 heterocycles. The molecule has 1 atom stereocenters. The summed E-state index contributed by atoms with van der Waals surface area (Å²) in [4.78, 5) is 30.7. The van der Waals surface area contributed by atoms with Gasteiger partial charge in [0.15, 0.2) is 5.96 Å². The van der Waals surface area contributed by atoms with Crippen molar-refractivity contribution in [2.45, 2.75) is 36.4 Å². The van der Waals surface area contributed by atoms with Crippen molar-refractivity contribution >= 4 is 33.5 Å². The molecule has 2 aromatic carbocycles. The highest BCUT2D eigenvalue weighted by atomic mass is 32.2. The summed E-state index contributed by atoms with van der Waals surface area (Å²) >= 11 is 0. The van der Waals surface area contributed by atoms with Gasteiger partial charge in [0.25, 0.3) is 5.91 Å². The van der Waals surface area contributed by atoms with Crippen molar-refractivity contribution in [3.8, 4) is 0 Å². The number of sulfonamides is 1. The number of nitrogens with zero attached hydrogens (tertiary/aromatic N) is 2. The first-order valence-corrected chi connectivity index (χ1v) is 13.3. The molecule has 0 spiro atoms. The summed E-state index contributed by atoms with van der Waals surface area (Å²) in [5.41, 5.74) is 1.28. The van der Waals surface area contributed by atoms with E-state index in [1.165, 1.54) is 12.1 Å². The monoisotopic (exact) mass is 514 g/mol. The number of carboxylic acids is 1. The van der Waals surface area contributed by atoms with Gasteiger partial charge in [0.1, 0.15) is 6.17 Å². The van der Waals surface area contributed by atoms with Crippen molar-refractivity contribution in [3.63, 3.8) is 0 Å². The first kappa shape index (κ1) is 25.5. The van der Waals surface area contributed by atoms with Crippen LogP contribution in [0.5, 0.6) is 0 Å². The van der Waals surface area contributed by atoms with E-state index in [1.807, 2.05) is 12.1 Å². The molecule has 2 aliphatic heterocycles. The molecule has 0 saturated carbocycles. The Bertz CT molecular complexity index is 1200. The zero-order valence-corrected chi connectivity index (χ0v) is 20.5. The fraction of sp³-hybridized carbons (Fsp3) is 0.375. The molecule has 0 aliphatic carbocycles. The number of carbonyl (C=O) groups is 2. The van der Waals surface area contributed by atoms with E-state index in [0.717, 1.165) is 50.7 Å². The number of guanidine groups is 1. The molecule has 12 heteroatoms. The number of piperidine rings is 1. The third-order valence-corrected chi connectivity index (χ3v) is 7.53. The van der Waals surface area contributed by atoms with Gasteiger partial charge in [-0.25, -0.2) is 8.42 Å². The van der Waals surface area contributed by atoms with Crippen LogP contribution in [0.2, 0.25) is 0 Å². The number of rotatable bonds is 9. The summed E-state index contributed by atoms with van der Waals surface area (Å²) in [5.74, 6) is -0.951. The average molecular weight is 515 g/mol. The first-order chi connectivity index (χ1) is 17.3. The number of amides is 1. The lowest BCUT2D eigenvalue weighted by atomic mass is 10.0. The molecule has 2 aromatic rings. The maximum absolute atomic E-state index is 12.8. The lowest BCUT2D eigenvalue weighted by Crippen LogP contribution is -2.49. The van der Waals surface area contributed by atoms with Crippen LogP contribution in [0.1, 0.15) is 29.6 Å². The maximum atomic E-state index is 12.8. The van der Waals surface area contributed by atoms with Crippen LogP contribution in [0, 0.1) is 0 Å². The van der Waals surface area contributed by atoms with E-state index < -0.39 is 34.5 Å². The molecule has 1 unspecified atom stereocenters. The number of hydrogen-bond donors (Lipinski definition) is 5. The van der Waals surface area contributed by atoms with E-state index >= 15 is 0 Å². The minimum absolute atomic E-state index is 0.0227. The van der Waals surface area contributed by atoms with Gasteiger partial charge in [-0.3, -0.25) is 14.6 Å². The van der Waals surface area contributed by atoms with Crippen LogP contribution in [-0.4, -0.2) is 69.7 Å². The molecule has 1 saturated heterocycles. The van der Waals surface area contributed by atoms with Gasteiger partial charge in [0.2, 0.25) is 10.0 Å². The van der Waals surface area contributed by atoms with Gasteiger partial charge >= 0.3 is 5.97 Å². The fourth-order valence-corrected chi connectivity index (χ4v) is 5.36. The van der Waals surface area contributed by atoms with Crippen LogP contribution < -0.4 is 25.6 Å². The van der Waals surface area contributed by atoms with Crippen molar-refractivity contribution in [2.75, 3.05) is 31.1 Å². The Morgan fingerprint density at radius 3 is 2.39 bits per heavy atom. The Hall–Kier alpha value is -3.64. The smallest absolute Gasteiger partial charge is 0.306 e. The molecule has 0 radical (unpaired) electrons. The van der Waals surface area contributed by atoms with Gasteiger partial charge in [-0.15, -0.1) is 0 Å². The highest BCUT2D eigenvalue weighted by molar-refractivity contribution is 7.89. The summed E-state index contributed by atoms with van der Waals surface area (Å²) in [5, 5.41) is 18.4. The summed E-state index contributed by atoms with van der Waals surface area (Å²) in [7, 11) is -4.02. The summed E-state index contributed by atoms with van der Waals surface area (Å²) in [6.07, 6.45) is -0.00541. The fourth-order valence-electron chi connectivity index (χ4n) is 4.19. The Morgan fingerprint density at radius 2 is 1.78 bits per heavy atom. The normalized spacial score (nSPS) is 17.1. The number of carbonyl (C=O) groups excluding carboxylic acids is 1. The standard InChI is InChI=1S/C24H30N6O5S/c31-22(32)16-21(29-36(34,35)20-4-2-1-3-5-20)28-23(33)17-6-8-19(9-7-17)30-14-10-18(11-15-30)27-24-25-12-13-26-24/h1-9,18,21,29H,10-16H2,(H,28,33)(H,31,32)(H2,25,26,27). The molecule has 5 N–H and O–H groups in total. The van der Waals surface area contributed by atoms with Crippen LogP contribution in [0.15, 0.2) is 64.5 Å². The molecular formula is C24H30N6O5S. The van der Waals surface area contributed by atoms with E-state index in [9.17, 15) is 23.1 Å². The predicted molar refractivity (Wildman–Crippen MR) is 135 cm³/mol. The number of carboxylic acid groups (broad SMARTS) is 1. The Morgan fingerprint density at radius 1 is 1.08 bits per heavy atom. The lowest BCUT2D eigenvalue weighted by Gasteiger charge is -2.34. The Kier molecular flexibility index (Phi) is 8.06.